The Kier molecular flexibility index (Phi) is 5.48. The third kappa shape index (κ3) is 4.62. The van der Waals surface area contributed by atoms with Gasteiger partial charge in [-0.05, 0) is 31.0 Å². The molecular formula is C17H19N3O2S. The van der Waals surface area contributed by atoms with E-state index in [1.807, 2.05) is 19.1 Å². The van der Waals surface area contributed by atoms with Crippen LogP contribution in [0.25, 0.3) is 0 Å². The molecule has 6 heteroatoms. The fourth-order valence-corrected chi connectivity index (χ4v) is 3.02. The van der Waals surface area contributed by atoms with Crippen LogP contribution >= 0.6 is 11.3 Å². The van der Waals surface area contributed by atoms with Crippen LogP contribution in [0.2, 0.25) is 0 Å². The second-order valence-electron chi connectivity index (χ2n) is 5.60. The second-order valence-corrected chi connectivity index (χ2v) is 6.71. The number of aliphatic hydroxyl groups is 1. The lowest BCUT2D eigenvalue weighted by atomic mass is 10.00. The Morgan fingerprint density at radius 2 is 2.13 bits per heavy atom. The van der Waals surface area contributed by atoms with E-state index in [0.717, 1.165) is 16.9 Å². The molecule has 1 heterocycles. The van der Waals surface area contributed by atoms with Gasteiger partial charge in [0.1, 0.15) is 5.60 Å². The van der Waals surface area contributed by atoms with Crippen LogP contribution in [0.3, 0.4) is 0 Å². The average Bonchev–Trinajstić information content (AvgIpc) is 2.95. The van der Waals surface area contributed by atoms with E-state index < -0.39 is 11.5 Å². The van der Waals surface area contributed by atoms with Gasteiger partial charge in [0.25, 0.3) is 5.91 Å². The van der Waals surface area contributed by atoms with E-state index in [4.69, 9.17) is 5.26 Å². The molecule has 0 saturated heterocycles. The number of nitrogens with one attached hydrogen (secondary N) is 1. The summed E-state index contributed by atoms with van der Waals surface area (Å²) in [4.78, 5) is 17.2. The molecule has 0 spiro atoms. The van der Waals surface area contributed by atoms with Gasteiger partial charge in [0.05, 0.1) is 11.6 Å². The van der Waals surface area contributed by atoms with Crippen molar-refractivity contribution in [3.8, 4) is 6.07 Å². The minimum absolute atomic E-state index is 0.405. The van der Waals surface area contributed by atoms with Crippen LogP contribution in [0.1, 0.15) is 42.7 Å². The summed E-state index contributed by atoms with van der Waals surface area (Å²) in [5.74, 6) is -0.432. The molecule has 5 nitrogen and oxygen atoms in total. The van der Waals surface area contributed by atoms with Crippen molar-refractivity contribution >= 4 is 22.4 Å². The zero-order chi connectivity index (χ0) is 16.9. The van der Waals surface area contributed by atoms with E-state index in [1.165, 1.54) is 18.3 Å². The molecule has 0 radical (unpaired) electrons. The van der Waals surface area contributed by atoms with Crippen LogP contribution in [0.5, 0.6) is 0 Å². The van der Waals surface area contributed by atoms with E-state index in [-0.39, 0.29) is 0 Å². The molecule has 1 atom stereocenters. The van der Waals surface area contributed by atoms with Crippen molar-refractivity contribution < 1.29 is 9.90 Å². The molecule has 2 rings (SSSR count). The standard InChI is InChI=1S/C17H19N3O2S/c1-3-8-17(2,22)15(21)20-16-19-11-14(23-16)9-12-4-6-13(10-18)7-5-12/h4-7,11,22H,3,8-9H2,1-2H3,(H,19,20,21). The van der Waals surface area contributed by atoms with Crippen molar-refractivity contribution in [1.82, 2.24) is 4.98 Å². The van der Waals surface area contributed by atoms with Gasteiger partial charge in [-0.25, -0.2) is 4.98 Å². The summed E-state index contributed by atoms with van der Waals surface area (Å²) < 4.78 is 0. The Morgan fingerprint density at radius 3 is 2.74 bits per heavy atom. The topological polar surface area (TPSA) is 86.0 Å². The first kappa shape index (κ1) is 17.1. The first-order valence-electron chi connectivity index (χ1n) is 7.42. The lowest BCUT2D eigenvalue weighted by Crippen LogP contribution is -2.39. The van der Waals surface area contributed by atoms with Gasteiger partial charge >= 0.3 is 0 Å². The van der Waals surface area contributed by atoms with Crippen molar-refractivity contribution in [2.24, 2.45) is 0 Å². The van der Waals surface area contributed by atoms with Crippen LogP contribution in [-0.2, 0) is 11.2 Å². The highest BCUT2D eigenvalue weighted by Crippen LogP contribution is 2.23. The number of nitrogens with zero attached hydrogens (tertiary/aromatic N) is 2. The number of carbonyl (C=O) groups is 1. The van der Waals surface area contributed by atoms with Gasteiger partial charge in [-0.1, -0.05) is 25.5 Å². The van der Waals surface area contributed by atoms with E-state index in [2.05, 4.69) is 16.4 Å². The largest absolute Gasteiger partial charge is 0.380 e. The first-order chi connectivity index (χ1) is 10.9. The Hall–Kier alpha value is -2.23. The van der Waals surface area contributed by atoms with Gasteiger partial charge in [-0.3, -0.25) is 10.1 Å². The summed E-state index contributed by atoms with van der Waals surface area (Å²) in [5, 5.41) is 22.0. The van der Waals surface area contributed by atoms with Gasteiger partial charge < -0.3 is 5.11 Å². The van der Waals surface area contributed by atoms with Crippen molar-refractivity contribution in [2.75, 3.05) is 5.32 Å². The Balaban J connectivity index is 2.00. The minimum Gasteiger partial charge on any atom is -0.380 e. The zero-order valence-corrected chi connectivity index (χ0v) is 14.0. The van der Waals surface area contributed by atoms with Crippen LogP contribution in [0.15, 0.2) is 30.5 Å². The summed E-state index contributed by atoms with van der Waals surface area (Å²) in [6.45, 7) is 3.43. The lowest BCUT2D eigenvalue weighted by Gasteiger charge is -2.20. The molecule has 1 aromatic carbocycles. The maximum atomic E-state index is 12.0. The number of thiazole rings is 1. The summed E-state index contributed by atoms with van der Waals surface area (Å²) in [5.41, 5.74) is 0.320. The van der Waals surface area contributed by atoms with Crippen molar-refractivity contribution in [2.45, 2.75) is 38.7 Å². The van der Waals surface area contributed by atoms with E-state index in [9.17, 15) is 9.90 Å². The van der Waals surface area contributed by atoms with Gasteiger partial charge in [0.2, 0.25) is 0 Å². The number of carbonyl (C=O) groups excluding carboxylic acids is 1. The van der Waals surface area contributed by atoms with Crippen LogP contribution in [0.4, 0.5) is 5.13 Å². The zero-order valence-electron chi connectivity index (χ0n) is 13.2. The smallest absolute Gasteiger partial charge is 0.257 e. The first-order valence-corrected chi connectivity index (χ1v) is 8.24. The van der Waals surface area contributed by atoms with Gasteiger partial charge in [0.15, 0.2) is 5.13 Å². The highest BCUT2D eigenvalue weighted by molar-refractivity contribution is 7.15. The fourth-order valence-electron chi connectivity index (χ4n) is 2.18. The predicted octanol–water partition coefficient (Wildman–Crippen LogP) is 3.10. The molecule has 1 aromatic heterocycles. The molecule has 0 aliphatic heterocycles. The highest BCUT2D eigenvalue weighted by atomic mass is 32.1. The molecule has 0 bridgehead atoms. The molecule has 2 N–H and O–H groups in total. The van der Waals surface area contributed by atoms with Crippen LogP contribution < -0.4 is 5.32 Å². The number of amides is 1. The SMILES string of the molecule is CCCC(C)(O)C(=O)Nc1ncc(Cc2ccc(C#N)cc2)s1. The molecule has 0 aliphatic carbocycles. The molecule has 0 aliphatic rings. The minimum atomic E-state index is -1.38. The van der Waals surface area contributed by atoms with Crippen molar-refractivity contribution in [3.05, 3.63) is 46.5 Å². The third-order valence-electron chi connectivity index (χ3n) is 3.46. The average molecular weight is 329 g/mol. The quantitative estimate of drug-likeness (QED) is 0.852. The highest BCUT2D eigenvalue weighted by Gasteiger charge is 2.29. The third-order valence-corrected chi connectivity index (χ3v) is 4.37. The predicted molar refractivity (Wildman–Crippen MR) is 90.2 cm³/mol. The van der Waals surface area contributed by atoms with Crippen LogP contribution in [-0.4, -0.2) is 21.6 Å². The normalized spacial score (nSPS) is 13.1. The van der Waals surface area contributed by atoms with Gasteiger partial charge in [-0.2, -0.15) is 5.26 Å². The molecule has 0 fully saturated rings. The van der Waals surface area contributed by atoms with Gasteiger partial charge in [0, 0.05) is 17.5 Å². The number of nitriles is 1. The Labute approximate surface area is 139 Å². The van der Waals surface area contributed by atoms with E-state index in [0.29, 0.717) is 23.5 Å². The monoisotopic (exact) mass is 329 g/mol. The molecule has 1 amide bonds. The number of hydrogen-bond donors (Lipinski definition) is 2. The number of anilines is 1. The number of hydrogen-bond acceptors (Lipinski definition) is 5. The number of benzene rings is 1. The summed E-state index contributed by atoms with van der Waals surface area (Å²) >= 11 is 1.38. The fraction of sp³-hybridized carbons (Fsp3) is 0.353. The molecule has 120 valence electrons. The lowest BCUT2D eigenvalue weighted by molar-refractivity contribution is -0.133. The maximum absolute atomic E-state index is 12.0. The Morgan fingerprint density at radius 1 is 1.43 bits per heavy atom. The molecule has 1 unspecified atom stereocenters. The summed E-state index contributed by atoms with van der Waals surface area (Å²) in [6, 6.07) is 9.46. The number of aromatic nitrogens is 1. The Bertz CT molecular complexity index is 714. The van der Waals surface area contributed by atoms with E-state index >= 15 is 0 Å². The van der Waals surface area contributed by atoms with Crippen molar-refractivity contribution in [1.29, 1.82) is 5.26 Å². The molecular weight excluding hydrogens is 310 g/mol. The van der Waals surface area contributed by atoms with Crippen LogP contribution in [0, 0.1) is 11.3 Å². The number of rotatable bonds is 6. The molecule has 23 heavy (non-hydrogen) atoms. The molecule has 0 saturated carbocycles. The summed E-state index contributed by atoms with van der Waals surface area (Å²) in [7, 11) is 0. The maximum Gasteiger partial charge on any atom is 0.257 e. The summed E-state index contributed by atoms with van der Waals surface area (Å²) in [6.07, 6.45) is 3.53. The second kappa shape index (κ2) is 7.36. The molecule has 2 aromatic rings. The van der Waals surface area contributed by atoms with Crippen molar-refractivity contribution in [3.63, 3.8) is 0 Å². The van der Waals surface area contributed by atoms with Gasteiger partial charge in [-0.15, -0.1) is 11.3 Å². The van der Waals surface area contributed by atoms with E-state index in [1.54, 1.807) is 18.3 Å².